The predicted octanol–water partition coefficient (Wildman–Crippen LogP) is 6.83. The lowest BCUT2D eigenvalue weighted by Crippen LogP contribution is -2.14. The second-order valence-electron chi connectivity index (χ2n) is 9.75. The molecule has 36 heavy (non-hydrogen) atoms. The molecule has 3 heterocycles. The average Bonchev–Trinajstić information content (AvgIpc) is 3.49. The van der Waals surface area contributed by atoms with Crippen LogP contribution in [0.3, 0.4) is 0 Å². The van der Waals surface area contributed by atoms with Gasteiger partial charge in [-0.3, -0.25) is 0 Å². The second-order valence-corrected chi connectivity index (χ2v) is 9.75. The first-order chi connectivity index (χ1) is 17.6. The highest BCUT2D eigenvalue weighted by Crippen LogP contribution is 2.49. The van der Waals surface area contributed by atoms with Gasteiger partial charge in [0.15, 0.2) is 11.5 Å². The summed E-state index contributed by atoms with van der Waals surface area (Å²) in [6, 6.07) is 29.8. The number of rotatable bonds is 3. The molecule has 172 valence electrons. The molecule has 0 N–H and O–H groups in total. The number of hydrogen-bond acceptors (Lipinski definition) is 4. The zero-order valence-electron chi connectivity index (χ0n) is 20.1. The van der Waals surface area contributed by atoms with Crippen LogP contribution >= 0.6 is 0 Å². The van der Waals surface area contributed by atoms with Crippen LogP contribution in [-0.2, 0) is 5.41 Å². The summed E-state index contributed by atoms with van der Waals surface area (Å²) in [7, 11) is 0. The first-order valence-corrected chi connectivity index (χ1v) is 12.1. The molecule has 0 unspecified atom stereocenters. The van der Waals surface area contributed by atoms with E-state index in [1.165, 1.54) is 22.3 Å². The quantitative estimate of drug-likeness (QED) is 0.288. The zero-order chi connectivity index (χ0) is 24.3. The van der Waals surface area contributed by atoms with Gasteiger partial charge in [-0.25, -0.2) is 19.5 Å². The van der Waals surface area contributed by atoms with Gasteiger partial charge in [-0.1, -0.05) is 74.5 Å². The van der Waals surface area contributed by atoms with Crippen LogP contribution in [0.1, 0.15) is 25.0 Å². The molecule has 0 radical (unpaired) electrons. The topological polar surface area (TPSA) is 56.0 Å². The van der Waals surface area contributed by atoms with E-state index in [4.69, 9.17) is 4.98 Å². The minimum atomic E-state index is -0.0386. The Balaban J connectivity index is 1.22. The van der Waals surface area contributed by atoms with E-state index in [2.05, 4.69) is 95.6 Å². The summed E-state index contributed by atoms with van der Waals surface area (Å²) in [5.41, 5.74) is 11.4. The van der Waals surface area contributed by atoms with E-state index in [0.717, 1.165) is 39.4 Å². The van der Waals surface area contributed by atoms with E-state index >= 15 is 0 Å². The normalized spacial score (nSPS) is 13.5. The molecular formula is C31H23N5. The number of fused-ring (bicyclic) bond motifs is 4. The Morgan fingerprint density at radius 2 is 1.44 bits per heavy atom. The first kappa shape index (κ1) is 20.7. The first-order valence-electron chi connectivity index (χ1n) is 12.1. The molecule has 7 rings (SSSR count). The molecule has 0 fully saturated rings. The summed E-state index contributed by atoms with van der Waals surface area (Å²) >= 11 is 0. The summed E-state index contributed by atoms with van der Waals surface area (Å²) < 4.78 is 1.76. The van der Waals surface area contributed by atoms with Crippen molar-refractivity contribution in [2.24, 2.45) is 0 Å². The maximum Gasteiger partial charge on any atom is 0.159 e. The Kier molecular flexibility index (Phi) is 4.42. The van der Waals surface area contributed by atoms with E-state index in [0.29, 0.717) is 0 Å². The van der Waals surface area contributed by atoms with E-state index in [1.807, 2.05) is 30.6 Å². The Bertz CT molecular complexity index is 1760. The van der Waals surface area contributed by atoms with Crippen molar-refractivity contribution in [1.82, 2.24) is 24.6 Å². The van der Waals surface area contributed by atoms with Crippen LogP contribution in [-0.4, -0.2) is 24.6 Å². The Morgan fingerprint density at radius 3 is 2.33 bits per heavy atom. The van der Waals surface area contributed by atoms with Crippen molar-refractivity contribution in [3.63, 3.8) is 0 Å². The third-order valence-electron chi connectivity index (χ3n) is 7.29. The van der Waals surface area contributed by atoms with Crippen molar-refractivity contribution < 1.29 is 0 Å². The monoisotopic (exact) mass is 465 g/mol. The number of aromatic nitrogens is 5. The van der Waals surface area contributed by atoms with Crippen LogP contribution in [0, 0.1) is 0 Å². The van der Waals surface area contributed by atoms with Crippen LogP contribution in [0.15, 0.2) is 104 Å². The van der Waals surface area contributed by atoms with Gasteiger partial charge in [-0.15, -0.1) is 0 Å². The summed E-state index contributed by atoms with van der Waals surface area (Å²) in [5.74, 6) is 0.718. The molecule has 0 spiro atoms. The van der Waals surface area contributed by atoms with Gasteiger partial charge in [-0.05, 0) is 57.6 Å². The highest BCUT2D eigenvalue weighted by atomic mass is 15.3. The van der Waals surface area contributed by atoms with Crippen molar-refractivity contribution in [3.05, 3.63) is 115 Å². The fourth-order valence-corrected chi connectivity index (χ4v) is 5.33. The van der Waals surface area contributed by atoms with Gasteiger partial charge in [-0.2, -0.15) is 5.10 Å². The molecule has 3 aromatic carbocycles. The van der Waals surface area contributed by atoms with Gasteiger partial charge >= 0.3 is 0 Å². The molecular weight excluding hydrogens is 442 g/mol. The van der Waals surface area contributed by atoms with E-state index in [1.54, 1.807) is 10.8 Å². The SMILES string of the molecule is CC1(C)c2ccccc2-c2ccc(-c3ccnc(-c4ccc(-c5ccn6ncnc6c5)cc4)n3)cc21. The van der Waals surface area contributed by atoms with Crippen molar-refractivity contribution in [3.8, 4) is 44.9 Å². The van der Waals surface area contributed by atoms with E-state index in [9.17, 15) is 0 Å². The number of benzene rings is 3. The molecule has 1 aliphatic rings. The Morgan fingerprint density at radius 1 is 0.667 bits per heavy atom. The lowest BCUT2D eigenvalue weighted by atomic mass is 9.82. The van der Waals surface area contributed by atoms with Crippen molar-refractivity contribution >= 4 is 5.65 Å². The summed E-state index contributed by atoms with van der Waals surface area (Å²) in [4.78, 5) is 13.8. The molecule has 5 heteroatoms. The highest BCUT2D eigenvalue weighted by molar-refractivity contribution is 5.83. The Labute approximate surface area is 209 Å². The second kappa shape index (κ2) is 7.68. The molecule has 0 bridgehead atoms. The third-order valence-corrected chi connectivity index (χ3v) is 7.29. The van der Waals surface area contributed by atoms with E-state index in [-0.39, 0.29) is 5.41 Å². The van der Waals surface area contributed by atoms with Crippen LogP contribution < -0.4 is 0 Å². The van der Waals surface area contributed by atoms with Crippen LogP contribution in [0.5, 0.6) is 0 Å². The minimum Gasteiger partial charge on any atom is -0.237 e. The van der Waals surface area contributed by atoms with Crippen molar-refractivity contribution in [1.29, 1.82) is 0 Å². The fraction of sp³-hybridized carbons (Fsp3) is 0.0968. The lowest BCUT2D eigenvalue weighted by Gasteiger charge is -2.21. The van der Waals surface area contributed by atoms with E-state index < -0.39 is 0 Å². The van der Waals surface area contributed by atoms with Gasteiger partial charge in [0.25, 0.3) is 0 Å². The van der Waals surface area contributed by atoms with Crippen LogP contribution in [0.4, 0.5) is 0 Å². The highest BCUT2D eigenvalue weighted by Gasteiger charge is 2.35. The number of pyridine rings is 1. The maximum atomic E-state index is 4.94. The molecule has 1 aliphatic carbocycles. The Hall–Kier alpha value is -4.64. The molecule has 3 aromatic heterocycles. The van der Waals surface area contributed by atoms with Gasteiger partial charge in [0.1, 0.15) is 6.33 Å². The van der Waals surface area contributed by atoms with Gasteiger partial charge in [0.2, 0.25) is 0 Å². The predicted molar refractivity (Wildman–Crippen MR) is 142 cm³/mol. The summed E-state index contributed by atoms with van der Waals surface area (Å²) in [5, 5.41) is 4.17. The van der Waals surface area contributed by atoms with Crippen LogP contribution in [0.2, 0.25) is 0 Å². The molecule has 0 atom stereocenters. The number of nitrogens with zero attached hydrogens (tertiary/aromatic N) is 5. The summed E-state index contributed by atoms with van der Waals surface area (Å²) in [6.07, 6.45) is 5.33. The van der Waals surface area contributed by atoms with Gasteiger partial charge < -0.3 is 0 Å². The van der Waals surface area contributed by atoms with Crippen molar-refractivity contribution in [2.45, 2.75) is 19.3 Å². The molecule has 5 nitrogen and oxygen atoms in total. The molecule has 0 amide bonds. The lowest BCUT2D eigenvalue weighted by molar-refractivity contribution is 0.660. The maximum absolute atomic E-state index is 4.94. The smallest absolute Gasteiger partial charge is 0.159 e. The molecule has 0 saturated carbocycles. The standard InChI is InChI=1S/C31H23N5/c1-31(2)26-6-4-3-5-24(26)25-12-11-23(17-27(25)31)28-13-15-32-30(35-28)21-9-7-20(8-10-21)22-14-16-36-29(18-22)33-19-34-36/h3-19H,1-2H3. The third kappa shape index (κ3) is 3.17. The molecule has 0 aliphatic heterocycles. The van der Waals surface area contributed by atoms with Crippen molar-refractivity contribution in [2.75, 3.05) is 0 Å². The van der Waals surface area contributed by atoms with Crippen LogP contribution in [0.25, 0.3) is 50.5 Å². The van der Waals surface area contributed by atoms with Gasteiger partial charge in [0.05, 0.1) is 5.69 Å². The summed E-state index contributed by atoms with van der Waals surface area (Å²) in [6.45, 7) is 4.60. The fourth-order valence-electron chi connectivity index (χ4n) is 5.33. The molecule has 0 saturated heterocycles. The minimum absolute atomic E-state index is 0.0386. The molecule has 6 aromatic rings. The largest absolute Gasteiger partial charge is 0.237 e. The zero-order valence-corrected chi connectivity index (χ0v) is 20.1. The average molecular weight is 466 g/mol. The van der Waals surface area contributed by atoms with Gasteiger partial charge in [0, 0.05) is 28.9 Å². The number of hydrogen-bond donors (Lipinski definition) is 0.